The summed E-state index contributed by atoms with van der Waals surface area (Å²) in [5, 5.41) is 13.6. The van der Waals surface area contributed by atoms with Gasteiger partial charge >= 0.3 is 12.1 Å². The van der Waals surface area contributed by atoms with Crippen molar-refractivity contribution in [2.45, 2.75) is 132 Å². The van der Waals surface area contributed by atoms with Gasteiger partial charge in [0.25, 0.3) is 11.8 Å². The van der Waals surface area contributed by atoms with Crippen LogP contribution in [0.2, 0.25) is 0 Å². The standard InChI is InChI=1S/C43H53N5O2.C2HF3O2/c49-42(44-30-16-12-28(13-17-30)24-26-47-38-20-21-39(47)33-7-2-1-6-32(33)38)36-10-5-11-37(46-36)43(50)45-31-18-14-29(15-19-31)25-27-48-40-22-23-41(48)35-9-4-3-8-34(35)40;3-2(4,5)1(6)7/h1-11,28-31,38-41H,12-27H2,(H,44,49)(H,45,50);(H,6,7)/t28?,29?,30?,31?,38-,39+,40-,41+;. The van der Waals surface area contributed by atoms with Crippen molar-refractivity contribution < 1.29 is 32.7 Å². The second kappa shape index (κ2) is 16.9. The molecule has 4 aliphatic heterocycles. The molecule has 0 spiro atoms. The van der Waals surface area contributed by atoms with Crippen molar-refractivity contribution >= 4 is 17.8 Å². The number of benzene rings is 2. The predicted molar refractivity (Wildman–Crippen MR) is 209 cm³/mol. The molecule has 2 saturated carbocycles. The molecule has 4 bridgehead atoms. The highest BCUT2D eigenvalue weighted by atomic mass is 19.4. The maximum absolute atomic E-state index is 13.2. The number of hydrogen-bond donors (Lipinski definition) is 3. The van der Waals surface area contributed by atoms with Gasteiger partial charge in [0, 0.05) is 36.3 Å². The smallest absolute Gasteiger partial charge is 0.475 e. The fraction of sp³-hybridized carbons (Fsp3) is 0.556. The Morgan fingerprint density at radius 3 is 1.21 bits per heavy atom. The molecule has 3 N–H and O–H groups in total. The van der Waals surface area contributed by atoms with Crippen LogP contribution in [0.4, 0.5) is 13.2 Å². The van der Waals surface area contributed by atoms with Crippen molar-refractivity contribution in [2.24, 2.45) is 11.8 Å². The molecule has 5 heterocycles. The number of fused-ring (bicyclic) bond motifs is 10. The zero-order valence-electron chi connectivity index (χ0n) is 32.4. The predicted octanol–water partition coefficient (Wildman–Crippen LogP) is 8.86. The Labute approximate surface area is 332 Å². The summed E-state index contributed by atoms with van der Waals surface area (Å²) >= 11 is 0. The number of aromatic nitrogens is 1. The second-order valence-corrected chi connectivity index (χ2v) is 17.1. The minimum Gasteiger partial charge on any atom is -0.475 e. The Morgan fingerprint density at radius 2 is 0.895 bits per heavy atom. The van der Waals surface area contributed by atoms with E-state index in [2.05, 4.69) is 73.9 Å². The number of carboxylic acids is 1. The number of amides is 2. The topological polar surface area (TPSA) is 115 Å². The largest absolute Gasteiger partial charge is 0.490 e. The summed E-state index contributed by atoms with van der Waals surface area (Å²) in [4.78, 5) is 45.4. The quantitative estimate of drug-likeness (QED) is 0.188. The van der Waals surface area contributed by atoms with E-state index in [1.165, 1.54) is 51.6 Å². The van der Waals surface area contributed by atoms with E-state index in [1.807, 2.05) is 0 Å². The van der Waals surface area contributed by atoms with Gasteiger partial charge in [0.2, 0.25) is 0 Å². The fourth-order valence-electron chi connectivity index (χ4n) is 11.0. The van der Waals surface area contributed by atoms with E-state index < -0.39 is 12.1 Å². The first kappa shape index (κ1) is 39.5. The normalized spacial score (nSPS) is 28.9. The molecule has 1 aromatic heterocycles. The molecule has 3 aromatic rings. The van der Waals surface area contributed by atoms with E-state index >= 15 is 0 Å². The SMILES string of the molecule is O=C(NC1CCC(CCN2[C@@H]3CC[C@H]2c2ccccc23)CC1)c1cccc(C(=O)NC2CCC(CCN3[C@@H]4CC[C@H]3c3ccccc34)CC2)n1.O=C(O)C(F)(F)F. The Morgan fingerprint density at radius 1 is 0.561 bits per heavy atom. The van der Waals surface area contributed by atoms with Gasteiger partial charge in [0.1, 0.15) is 11.4 Å². The number of carbonyl (C=O) groups excluding carboxylic acids is 2. The highest BCUT2D eigenvalue weighted by molar-refractivity contribution is 5.96. The number of nitrogens with one attached hydrogen (secondary N) is 2. The Bertz CT molecular complexity index is 1740. The van der Waals surface area contributed by atoms with Crippen molar-refractivity contribution in [1.29, 1.82) is 0 Å². The van der Waals surface area contributed by atoms with Crippen molar-refractivity contribution in [1.82, 2.24) is 25.4 Å². The average Bonchev–Trinajstić information content (AvgIpc) is 3.98. The van der Waals surface area contributed by atoms with Crippen LogP contribution in [0.3, 0.4) is 0 Å². The third-order valence-corrected chi connectivity index (χ3v) is 13.9. The lowest BCUT2D eigenvalue weighted by atomic mass is 9.84. The average molecular weight is 786 g/mol. The van der Waals surface area contributed by atoms with Gasteiger partial charge in [-0.15, -0.1) is 0 Å². The van der Waals surface area contributed by atoms with Gasteiger partial charge in [-0.05, 0) is 149 Å². The minimum atomic E-state index is -5.08. The highest BCUT2D eigenvalue weighted by Gasteiger charge is 2.44. The molecule has 9 rings (SSSR count). The maximum atomic E-state index is 13.2. The lowest BCUT2D eigenvalue weighted by molar-refractivity contribution is -0.192. The van der Waals surface area contributed by atoms with Crippen LogP contribution in [0.1, 0.15) is 157 Å². The molecule has 2 aliphatic carbocycles. The summed E-state index contributed by atoms with van der Waals surface area (Å²) in [6, 6.07) is 26.2. The molecule has 0 unspecified atom stereocenters. The van der Waals surface area contributed by atoms with Crippen LogP contribution in [-0.2, 0) is 4.79 Å². The van der Waals surface area contributed by atoms with E-state index in [0.717, 1.165) is 63.2 Å². The number of alkyl halides is 3. The Balaban J connectivity index is 0.000000598. The summed E-state index contributed by atoms with van der Waals surface area (Å²) in [7, 11) is 0. The summed E-state index contributed by atoms with van der Waals surface area (Å²) in [6.45, 7) is 2.36. The number of carboxylic acid groups (broad SMARTS) is 1. The Kier molecular flexibility index (Phi) is 11.7. The van der Waals surface area contributed by atoms with Crippen molar-refractivity contribution in [3.63, 3.8) is 0 Å². The minimum absolute atomic E-state index is 0.162. The molecule has 0 radical (unpaired) electrons. The number of halogens is 3. The monoisotopic (exact) mass is 785 g/mol. The highest BCUT2D eigenvalue weighted by Crippen LogP contribution is 2.54. The second-order valence-electron chi connectivity index (χ2n) is 17.1. The van der Waals surface area contributed by atoms with Crippen LogP contribution in [0.5, 0.6) is 0 Å². The molecular formula is C45H54F3N5O4. The lowest BCUT2D eigenvalue weighted by Crippen LogP contribution is -2.39. The van der Waals surface area contributed by atoms with E-state index in [0.29, 0.717) is 35.6 Å². The summed E-state index contributed by atoms with van der Waals surface area (Å²) < 4.78 is 31.7. The van der Waals surface area contributed by atoms with Gasteiger partial charge in [-0.2, -0.15) is 13.2 Å². The summed E-state index contributed by atoms with van der Waals surface area (Å²) in [5.74, 6) is -1.63. The molecular weight excluding hydrogens is 732 g/mol. The zero-order chi connectivity index (χ0) is 39.7. The molecule has 57 heavy (non-hydrogen) atoms. The number of hydrogen-bond acceptors (Lipinski definition) is 6. The van der Waals surface area contributed by atoms with Gasteiger partial charge in [-0.1, -0.05) is 54.6 Å². The van der Waals surface area contributed by atoms with Gasteiger partial charge < -0.3 is 15.7 Å². The van der Waals surface area contributed by atoms with Crippen LogP contribution in [0, 0.1) is 11.8 Å². The third-order valence-electron chi connectivity index (χ3n) is 13.9. The van der Waals surface area contributed by atoms with Crippen molar-refractivity contribution in [3.8, 4) is 0 Å². The number of aliphatic carboxylic acids is 1. The van der Waals surface area contributed by atoms with E-state index in [-0.39, 0.29) is 23.9 Å². The fourth-order valence-corrected chi connectivity index (χ4v) is 11.0. The molecule has 2 amide bonds. The van der Waals surface area contributed by atoms with Crippen LogP contribution in [0.15, 0.2) is 66.7 Å². The first-order valence-electron chi connectivity index (χ1n) is 21.1. The van der Waals surface area contributed by atoms with E-state index in [4.69, 9.17) is 9.90 Å². The Hall–Kier alpha value is -4.29. The van der Waals surface area contributed by atoms with Gasteiger partial charge in [-0.3, -0.25) is 19.4 Å². The first-order chi connectivity index (χ1) is 27.5. The molecule has 2 saturated heterocycles. The van der Waals surface area contributed by atoms with Crippen molar-refractivity contribution in [3.05, 3.63) is 100 Å². The van der Waals surface area contributed by atoms with Crippen LogP contribution in [0.25, 0.3) is 0 Å². The molecule has 9 nitrogen and oxygen atoms in total. The lowest BCUT2D eigenvalue weighted by Gasteiger charge is -2.31. The van der Waals surface area contributed by atoms with Gasteiger partial charge in [0.05, 0.1) is 0 Å². The number of nitrogens with zero attached hydrogens (tertiary/aromatic N) is 3. The van der Waals surface area contributed by atoms with Gasteiger partial charge in [-0.25, -0.2) is 9.78 Å². The molecule has 4 atom stereocenters. The van der Waals surface area contributed by atoms with Gasteiger partial charge in [0.15, 0.2) is 0 Å². The number of carbonyl (C=O) groups is 3. The van der Waals surface area contributed by atoms with Crippen LogP contribution < -0.4 is 10.6 Å². The molecule has 12 heteroatoms. The van der Waals surface area contributed by atoms with E-state index in [9.17, 15) is 22.8 Å². The molecule has 2 aromatic carbocycles. The van der Waals surface area contributed by atoms with E-state index in [1.54, 1.807) is 40.5 Å². The van der Waals surface area contributed by atoms with Crippen LogP contribution in [-0.4, -0.2) is 69.0 Å². The number of rotatable bonds is 10. The first-order valence-corrected chi connectivity index (χ1v) is 21.1. The number of pyridine rings is 1. The maximum Gasteiger partial charge on any atom is 0.490 e. The molecule has 304 valence electrons. The summed E-state index contributed by atoms with van der Waals surface area (Å²) in [5.41, 5.74) is 6.93. The van der Waals surface area contributed by atoms with Crippen molar-refractivity contribution in [2.75, 3.05) is 13.1 Å². The summed E-state index contributed by atoms with van der Waals surface area (Å²) in [6.07, 6.45) is 11.3. The third kappa shape index (κ3) is 8.63. The molecule has 6 aliphatic rings. The van der Waals surface area contributed by atoms with Crippen LogP contribution >= 0.6 is 0 Å². The molecule has 4 fully saturated rings. The zero-order valence-corrected chi connectivity index (χ0v) is 32.4.